The van der Waals surface area contributed by atoms with Crippen LogP contribution < -0.4 is 5.32 Å². The second kappa shape index (κ2) is 7.90. The standard InChI is InChI=1S/C16H20ClF3N2O/c17-12-5-6-14(13(11-12)16(18,19)20)21-8-7-15(23)22-9-3-1-2-4-10-22/h5-6,11,21H,1-4,7-10H2. The molecule has 0 spiro atoms. The summed E-state index contributed by atoms with van der Waals surface area (Å²) in [5, 5.41) is 2.74. The van der Waals surface area contributed by atoms with Crippen molar-refractivity contribution in [3.63, 3.8) is 0 Å². The third-order valence-corrected chi connectivity index (χ3v) is 4.14. The van der Waals surface area contributed by atoms with Crippen molar-refractivity contribution in [2.45, 2.75) is 38.3 Å². The first-order valence-corrected chi connectivity index (χ1v) is 8.14. The Balaban J connectivity index is 1.92. The van der Waals surface area contributed by atoms with Gasteiger partial charge in [-0.05, 0) is 31.0 Å². The number of carbonyl (C=O) groups excluding carboxylic acids is 1. The van der Waals surface area contributed by atoms with Gasteiger partial charge in [0.15, 0.2) is 0 Å². The molecule has 1 saturated heterocycles. The van der Waals surface area contributed by atoms with Gasteiger partial charge in [0, 0.05) is 36.8 Å². The van der Waals surface area contributed by atoms with Crippen molar-refractivity contribution in [1.29, 1.82) is 0 Å². The lowest BCUT2D eigenvalue weighted by atomic mass is 10.1. The summed E-state index contributed by atoms with van der Waals surface area (Å²) in [6, 6.07) is 3.58. The predicted octanol–water partition coefficient (Wildman–Crippen LogP) is 4.56. The second-order valence-electron chi connectivity index (χ2n) is 5.66. The van der Waals surface area contributed by atoms with Gasteiger partial charge in [-0.1, -0.05) is 24.4 Å². The molecule has 0 unspecified atom stereocenters. The van der Waals surface area contributed by atoms with Crippen LogP contribution in [0.3, 0.4) is 0 Å². The summed E-state index contributed by atoms with van der Waals surface area (Å²) in [5.74, 6) is -0.0121. The van der Waals surface area contributed by atoms with Crippen LogP contribution in [-0.4, -0.2) is 30.4 Å². The lowest BCUT2D eigenvalue weighted by Crippen LogP contribution is -2.33. The Labute approximate surface area is 138 Å². The van der Waals surface area contributed by atoms with E-state index in [0.717, 1.165) is 44.8 Å². The fourth-order valence-corrected chi connectivity index (χ4v) is 2.86. The normalized spacial score (nSPS) is 16.1. The number of alkyl halides is 3. The Kier molecular flexibility index (Phi) is 6.16. The lowest BCUT2D eigenvalue weighted by molar-refractivity contribution is -0.137. The van der Waals surface area contributed by atoms with Gasteiger partial charge in [0.05, 0.1) is 5.56 Å². The van der Waals surface area contributed by atoms with Crippen molar-refractivity contribution in [2.24, 2.45) is 0 Å². The van der Waals surface area contributed by atoms with Crippen molar-refractivity contribution in [3.8, 4) is 0 Å². The van der Waals surface area contributed by atoms with E-state index in [-0.39, 0.29) is 29.6 Å². The molecule has 1 aromatic rings. The molecule has 2 rings (SSSR count). The summed E-state index contributed by atoms with van der Waals surface area (Å²) in [6.07, 6.45) is -0.0609. The van der Waals surface area contributed by atoms with E-state index in [1.807, 2.05) is 0 Å². The fraction of sp³-hybridized carbons (Fsp3) is 0.562. The van der Waals surface area contributed by atoms with Crippen molar-refractivity contribution in [2.75, 3.05) is 25.0 Å². The molecule has 7 heteroatoms. The monoisotopic (exact) mass is 348 g/mol. The zero-order valence-corrected chi connectivity index (χ0v) is 13.5. The van der Waals surface area contributed by atoms with Crippen LogP contribution in [0.25, 0.3) is 0 Å². The Hall–Kier alpha value is -1.43. The number of nitrogens with zero attached hydrogens (tertiary/aromatic N) is 1. The van der Waals surface area contributed by atoms with Crippen LogP contribution in [0.2, 0.25) is 5.02 Å². The highest BCUT2D eigenvalue weighted by Gasteiger charge is 2.33. The smallest absolute Gasteiger partial charge is 0.384 e. The Morgan fingerprint density at radius 1 is 1.17 bits per heavy atom. The van der Waals surface area contributed by atoms with E-state index in [9.17, 15) is 18.0 Å². The van der Waals surface area contributed by atoms with E-state index in [4.69, 9.17) is 11.6 Å². The lowest BCUT2D eigenvalue weighted by Gasteiger charge is -2.21. The average Bonchev–Trinajstić information content (AvgIpc) is 2.76. The molecule has 3 nitrogen and oxygen atoms in total. The number of hydrogen-bond donors (Lipinski definition) is 1. The Morgan fingerprint density at radius 2 is 1.83 bits per heavy atom. The van der Waals surface area contributed by atoms with Crippen molar-refractivity contribution < 1.29 is 18.0 Å². The number of benzene rings is 1. The highest BCUT2D eigenvalue weighted by Crippen LogP contribution is 2.36. The molecule has 23 heavy (non-hydrogen) atoms. The first-order chi connectivity index (χ1) is 10.9. The highest BCUT2D eigenvalue weighted by atomic mass is 35.5. The van der Waals surface area contributed by atoms with Crippen LogP contribution in [0.1, 0.15) is 37.7 Å². The van der Waals surface area contributed by atoms with Crippen LogP contribution in [-0.2, 0) is 11.0 Å². The molecule has 1 aromatic carbocycles. The molecule has 1 fully saturated rings. The molecule has 0 aromatic heterocycles. The summed E-state index contributed by atoms with van der Waals surface area (Å²) in [5.41, 5.74) is -0.863. The predicted molar refractivity (Wildman–Crippen MR) is 84.6 cm³/mol. The second-order valence-corrected chi connectivity index (χ2v) is 6.10. The summed E-state index contributed by atoms with van der Waals surface area (Å²) in [7, 11) is 0. The third kappa shape index (κ3) is 5.30. The molecular formula is C16H20ClF3N2O. The minimum Gasteiger partial charge on any atom is -0.384 e. The maximum absolute atomic E-state index is 13.0. The molecule has 0 saturated carbocycles. The van der Waals surface area contributed by atoms with Crippen molar-refractivity contribution in [1.82, 2.24) is 4.90 Å². The van der Waals surface area contributed by atoms with Gasteiger partial charge in [-0.25, -0.2) is 0 Å². The molecule has 1 aliphatic heterocycles. The summed E-state index contributed by atoms with van der Waals surface area (Å²) < 4.78 is 38.9. The van der Waals surface area contributed by atoms with Gasteiger partial charge in [0.1, 0.15) is 0 Å². The fourth-order valence-electron chi connectivity index (χ4n) is 2.69. The number of rotatable bonds is 4. The van der Waals surface area contributed by atoms with Gasteiger partial charge in [0.25, 0.3) is 0 Å². The molecular weight excluding hydrogens is 329 g/mol. The molecule has 1 amide bonds. The quantitative estimate of drug-likeness (QED) is 0.864. The topological polar surface area (TPSA) is 32.3 Å². The Morgan fingerprint density at radius 3 is 2.43 bits per heavy atom. The van der Waals surface area contributed by atoms with Crippen LogP contribution in [0.4, 0.5) is 18.9 Å². The molecule has 0 aliphatic carbocycles. The zero-order valence-electron chi connectivity index (χ0n) is 12.8. The van der Waals surface area contributed by atoms with Crippen LogP contribution in [0.15, 0.2) is 18.2 Å². The van der Waals surface area contributed by atoms with Crippen molar-refractivity contribution in [3.05, 3.63) is 28.8 Å². The molecule has 1 aliphatic rings. The summed E-state index contributed by atoms with van der Waals surface area (Å²) >= 11 is 5.64. The molecule has 1 N–H and O–H groups in total. The number of carbonyl (C=O) groups is 1. The number of amides is 1. The van der Waals surface area contributed by atoms with Crippen LogP contribution in [0, 0.1) is 0 Å². The molecule has 0 bridgehead atoms. The van der Waals surface area contributed by atoms with Gasteiger partial charge < -0.3 is 10.2 Å². The number of halogens is 4. The maximum Gasteiger partial charge on any atom is 0.418 e. The number of anilines is 1. The van der Waals surface area contributed by atoms with Gasteiger partial charge in [0.2, 0.25) is 5.91 Å². The zero-order chi connectivity index (χ0) is 16.9. The summed E-state index contributed by atoms with van der Waals surface area (Å²) in [4.78, 5) is 13.9. The average molecular weight is 349 g/mol. The van der Waals surface area contributed by atoms with E-state index in [0.29, 0.717) is 0 Å². The highest BCUT2D eigenvalue weighted by molar-refractivity contribution is 6.30. The van der Waals surface area contributed by atoms with Gasteiger partial charge in [-0.3, -0.25) is 4.79 Å². The van der Waals surface area contributed by atoms with Gasteiger partial charge >= 0.3 is 6.18 Å². The number of likely N-dealkylation sites (tertiary alicyclic amines) is 1. The minimum absolute atomic E-state index is 0.0121. The largest absolute Gasteiger partial charge is 0.418 e. The molecule has 128 valence electrons. The molecule has 0 radical (unpaired) electrons. The van der Waals surface area contributed by atoms with Gasteiger partial charge in [-0.15, -0.1) is 0 Å². The van der Waals surface area contributed by atoms with E-state index in [1.54, 1.807) is 4.90 Å². The van der Waals surface area contributed by atoms with Crippen LogP contribution >= 0.6 is 11.6 Å². The van der Waals surface area contributed by atoms with Gasteiger partial charge in [-0.2, -0.15) is 13.2 Å². The molecule has 1 heterocycles. The third-order valence-electron chi connectivity index (χ3n) is 3.90. The first-order valence-electron chi connectivity index (χ1n) is 7.76. The summed E-state index contributed by atoms with van der Waals surface area (Å²) in [6.45, 7) is 1.65. The number of hydrogen-bond acceptors (Lipinski definition) is 2. The van der Waals surface area contributed by atoms with Crippen LogP contribution in [0.5, 0.6) is 0 Å². The minimum atomic E-state index is -4.48. The SMILES string of the molecule is O=C(CCNc1ccc(Cl)cc1C(F)(F)F)N1CCCCCC1. The Bertz CT molecular complexity index is 541. The van der Waals surface area contributed by atoms with Crippen molar-refractivity contribution >= 4 is 23.2 Å². The maximum atomic E-state index is 13.0. The van der Waals surface area contributed by atoms with E-state index in [2.05, 4.69) is 5.32 Å². The first kappa shape index (κ1) is 17.9. The molecule has 0 atom stereocenters. The number of nitrogens with one attached hydrogen (secondary N) is 1. The van der Waals surface area contributed by atoms with E-state index < -0.39 is 11.7 Å². The van der Waals surface area contributed by atoms with E-state index in [1.165, 1.54) is 12.1 Å². The van der Waals surface area contributed by atoms with E-state index >= 15 is 0 Å².